The van der Waals surface area contributed by atoms with Crippen molar-refractivity contribution in [1.29, 1.82) is 0 Å². The maximum atomic E-state index is 12.5. The summed E-state index contributed by atoms with van der Waals surface area (Å²) in [6, 6.07) is 8.27. The zero-order chi connectivity index (χ0) is 13.1. The Balaban J connectivity index is 2.34. The maximum absolute atomic E-state index is 12.5. The van der Waals surface area contributed by atoms with Crippen molar-refractivity contribution in [3.8, 4) is 0 Å². The Morgan fingerprint density at radius 2 is 2.22 bits per heavy atom. The largest absolute Gasteiger partial charge is 0.311 e. The van der Waals surface area contributed by atoms with Crippen molar-refractivity contribution in [3.63, 3.8) is 0 Å². The summed E-state index contributed by atoms with van der Waals surface area (Å²) in [6.45, 7) is 7.17. The lowest BCUT2D eigenvalue weighted by Gasteiger charge is -2.25. The number of carbonyl (C=O) groups excluding carboxylic acids is 1. The normalized spacial score (nSPS) is 21.1. The average Bonchev–Trinajstić information content (AvgIpc) is 2.55. The molecule has 0 aliphatic carbocycles. The summed E-state index contributed by atoms with van der Waals surface area (Å²) in [5, 5.41) is 0.570. The first kappa shape index (κ1) is 13.5. The Bertz CT molecular complexity index is 432. The highest BCUT2D eigenvalue weighted by molar-refractivity contribution is 8.00. The molecule has 0 saturated heterocycles. The number of amides is 1. The quantitative estimate of drug-likeness (QED) is 0.805. The molecule has 2 rings (SSSR count). The van der Waals surface area contributed by atoms with Crippen LogP contribution in [0.15, 0.2) is 29.2 Å². The number of nitrogens with zero attached hydrogens (tertiary/aromatic N) is 1. The van der Waals surface area contributed by atoms with Crippen LogP contribution in [0.25, 0.3) is 0 Å². The monoisotopic (exact) mass is 263 g/mol. The summed E-state index contributed by atoms with van der Waals surface area (Å²) in [7, 11) is 0. The molecule has 1 aliphatic heterocycles. The molecule has 1 aromatic carbocycles. The van der Waals surface area contributed by atoms with Gasteiger partial charge < -0.3 is 4.90 Å². The van der Waals surface area contributed by atoms with Crippen molar-refractivity contribution < 1.29 is 4.79 Å². The van der Waals surface area contributed by atoms with Gasteiger partial charge >= 0.3 is 0 Å². The van der Waals surface area contributed by atoms with Gasteiger partial charge in [0.15, 0.2) is 0 Å². The van der Waals surface area contributed by atoms with Crippen LogP contribution in [-0.2, 0) is 4.79 Å². The predicted molar refractivity (Wildman–Crippen MR) is 78.2 cm³/mol. The average molecular weight is 263 g/mol. The molecule has 0 bridgehead atoms. The van der Waals surface area contributed by atoms with E-state index >= 15 is 0 Å². The molecule has 0 radical (unpaired) electrons. The molecular formula is C15H21NOS. The first-order chi connectivity index (χ1) is 8.63. The highest BCUT2D eigenvalue weighted by Gasteiger charge is 2.26. The molecule has 0 spiro atoms. The van der Waals surface area contributed by atoms with Crippen molar-refractivity contribution in [3.05, 3.63) is 24.3 Å². The van der Waals surface area contributed by atoms with E-state index in [0.29, 0.717) is 5.25 Å². The van der Waals surface area contributed by atoms with Gasteiger partial charge in [-0.1, -0.05) is 32.9 Å². The molecule has 98 valence electrons. The van der Waals surface area contributed by atoms with E-state index in [0.717, 1.165) is 25.1 Å². The van der Waals surface area contributed by atoms with Gasteiger partial charge in [0, 0.05) is 22.6 Å². The van der Waals surface area contributed by atoms with Crippen LogP contribution in [0.1, 0.15) is 33.6 Å². The van der Waals surface area contributed by atoms with E-state index in [9.17, 15) is 4.79 Å². The summed E-state index contributed by atoms with van der Waals surface area (Å²) in [6.07, 6.45) is 1.96. The molecule has 0 N–H and O–H groups in total. The van der Waals surface area contributed by atoms with Crippen molar-refractivity contribution in [1.82, 2.24) is 0 Å². The molecule has 1 aromatic rings. The SMILES string of the molecule is CC[C@@H](C)C(=O)N1CC[C@H](C)Sc2ccccc21. The van der Waals surface area contributed by atoms with Gasteiger partial charge in [-0.15, -0.1) is 11.8 Å². The number of thioether (sulfide) groups is 1. The molecule has 18 heavy (non-hydrogen) atoms. The van der Waals surface area contributed by atoms with Crippen LogP contribution in [0.2, 0.25) is 0 Å². The second-order valence-electron chi connectivity index (χ2n) is 4.98. The molecule has 0 aromatic heterocycles. The number of carbonyl (C=O) groups is 1. The standard InChI is InChI=1S/C15H21NOS/c1-4-11(2)15(17)16-10-9-12(3)18-14-8-6-5-7-13(14)16/h5-8,11-12H,4,9-10H2,1-3H3/t11-,12+/m1/s1. The Morgan fingerprint density at radius 3 is 2.94 bits per heavy atom. The van der Waals surface area contributed by atoms with Crippen molar-refractivity contribution in [2.24, 2.45) is 5.92 Å². The van der Waals surface area contributed by atoms with Crippen molar-refractivity contribution >= 4 is 23.4 Å². The molecular weight excluding hydrogens is 242 g/mol. The number of hydrogen-bond acceptors (Lipinski definition) is 2. The Kier molecular flexibility index (Phi) is 4.33. The van der Waals surface area contributed by atoms with Crippen molar-refractivity contribution in [2.45, 2.75) is 43.8 Å². The van der Waals surface area contributed by atoms with Crippen LogP contribution in [0, 0.1) is 5.92 Å². The van der Waals surface area contributed by atoms with Crippen LogP contribution in [-0.4, -0.2) is 17.7 Å². The van der Waals surface area contributed by atoms with Gasteiger partial charge in [-0.2, -0.15) is 0 Å². The third kappa shape index (κ3) is 2.72. The molecule has 0 saturated carbocycles. The Morgan fingerprint density at radius 1 is 1.50 bits per heavy atom. The minimum Gasteiger partial charge on any atom is -0.311 e. The molecule has 2 atom stereocenters. The number of fused-ring (bicyclic) bond motifs is 1. The summed E-state index contributed by atoms with van der Waals surface area (Å²) in [5.74, 6) is 0.371. The van der Waals surface area contributed by atoms with E-state index in [1.807, 2.05) is 29.7 Å². The van der Waals surface area contributed by atoms with E-state index in [4.69, 9.17) is 0 Å². The van der Waals surface area contributed by atoms with Crippen LogP contribution in [0.3, 0.4) is 0 Å². The molecule has 0 unspecified atom stereocenters. The lowest BCUT2D eigenvalue weighted by molar-refractivity contribution is -0.122. The minimum atomic E-state index is 0.108. The van der Waals surface area contributed by atoms with Gasteiger partial charge in [-0.3, -0.25) is 4.79 Å². The summed E-state index contributed by atoms with van der Waals surface area (Å²) in [5.41, 5.74) is 1.09. The number of rotatable bonds is 2. The van der Waals surface area contributed by atoms with Gasteiger partial charge in [0.25, 0.3) is 0 Å². The summed E-state index contributed by atoms with van der Waals surface area (Å²) in [4.78, 5) is 15.7. The lowest BCUT2D eigenvalue weighted by atomic mass is 10.1. The molecule has 1 aliphatic rings. The molecule has 1 heterocycles. The first-order valence-electron chi connectivity index (χ1n) is 6.70. The zero-order valence-electron chi connectivity index (χ0n) is 11.3. The van der Waals surface area contributed by atoms with Gasteiger partial charge in [-0.05, 0) is 25.0 Å². The summed E-state index contributed by atoms with van der Waals surface area (Å²) >= 11 is 1.88. The predicted octanol–water partition coefficient (Wildman–Crippen LogP) is 3.95. The van der Waals surface area contributed by atoms with Gasteiger partial charge in [0.05, 0.1) is 5.69 Å². The second-order valence-corrected chi connectivity index (χ2v) is 6.46. The first-order valence-corrected chi connectivity index (χ1v) is 7.58. The molecule has 0 fully saturated rings. The van der Waals surface area contributed by atoms with Gasteiger partial charge in [-0.25, -0.2) is 0 Å². The fourth-order valence-electron chi connectivity index (χ4n) is 2.16. The Labute approximate surface area is 114 Å². The molecule has 2 nitrogen and oxygen atoms in total. The van der Waals surface area contributed by atoms with E-state index in [1.165, 1.54) is 4.90 Å². The number of hydrogen-bond donors (Lipinski definition) is 0. The molecule has 1 amide bonds. The van der Waals surface area contributed by atoms with Crippen LogP contribution in [0.5, 0.6) is 0 Å². The number of benzene rings is 1. The van der Waals surface area contributed by atoms with Gasteiger partial charge in [0.1, 0.15) is 0 Å². The Hall–Kier alpha value is -0.960. The molecule has 3 heteroatoms. The van der Waals surface area contributed by atoms with Crippen LogP contribution < -0.4 is 4.90 Å². The fourth-order valence-corrected chi connectivity index (χ4v) is 3.27. The van der Waals surface area contributed by atoms with Crippen LogP contribution in [0.4, 0.5) is 5.69 Å². The number of para-hydroxylation sites is 1. The number of anilines is 1. The highest BCUT2D eigenvalue weighted by atomic mass is 32.2. The lowest BCUT2D eigenvalue weighted by Crippen LogP contribution is -2.36. The third-order valence-corrected chi connectivity index (χ3v) is 4.78. The van der Waals surface area contributed by atoms with E-state index < -0.39 is 0 Å². The minimum absolute atomic E-state index is 0.108. The second kappa shape index (κ2) is 5.79. The fraction of sp³-hybridized carbons (Fsp3) is 0.533. The smallest absolute Gasteiger partial charge is 0.229 e. The topological polar surface area (TPSA) is 20.3 Å². The van der Waals surface area contributed by atoms with Crippen molar-refractivity contribution in [2.75, 3.05) is 11.4 Å². The maximum Gasteiger partial charge on any atom is 0.229 e. The zero-order valence-corrected chi connectivity index (χ0v) is 12.2. The van der Waals surface area contributed by atoms with E-state index in [2.05, 4.69) is 32.0 Å². The van der Waals surface area contributed by atoms with Gasteiger partial charge in [0.2, 0.25) is 5.91 Å². The summed E-state index contributed by atoms with van der Waals surface area (Å²) < 4.78 is 0. The van der Waals surface area contributed by atoms with E-state index in [-0.39, 0.29) is 11.8 Å². The highest BCUT2D eigenvalue weighted by Crippen LogP contribution is 2.37. The third-order valence-electron chi connectivity index (χ3n) is 3.54. The van der Waals surface area contributed by atoms with Crippen LogP contribution >= 0.6 is 11.8 Å². The van der Waals surface area contributed by atoms with E-state index in [1.54, 1.807) is 0 Å².